The summed E-state index contributed by atoms with van der Waals surface area (Å²) in [5, 5.41) is 0. The lowest BCUT2D eigenvalue weighted by Crippen LogP contribution is -2.62. The van der Waals surface area contributed by atoms with E-state index >= 15 is 0 Å². The summed E-state index contributed by atoms with van der Waals surface area (Å²) >= 11 is 0. The second kappa shape index (κ2) is 7.58. The first-order valence-corrected chi connectivity index (χ1v) is 8.96. The quantitative estimate of drug-likeness (QED) is 0.874. The lowest BCUT2D eigenvalue weighted by atomic mass is 9.86. The van der Waals surface area contributed by atoms with Crippen LogP contribution in [0.3, 0.4) is 0 Å². The predicted octanol–water partition coefficient (Wildman–Crippen LogP) is 0.800. The van der Waals surface area contributed by atoms with Crippen molar-refractivity contribution in [1.82, 2.24) is 19.7 Å². The number of hydrogen-bond acceptors (Lipinski definition) is 4. The number of aromatic nitrogens is 1. The number of methoxy groups -OCH3 is 1. The van der Waals surface area contributed by atoms with E-state index in [0.717, 1.165) is 32.5 Å². The third-order valence-corrected chi connectivity index (χ3v) is 5.69. The van der Waals surface area contributed by atoms with E-state index in [2.05, 4.69) is 16.9 Å². The molecule has 138 valence electrons. The average Bonchev–Trinajstić information content (AvgIpc) is 3.10. The van der Waals surface area contributed by atoms with Gasteiger partial charge in [0.1, 0.15) is 5.69 Å². The first kappa shape index (κ1) is 17.9. The molecule has 1 aromatic heterocycles. The van der Waals surface area contributed by atoms with E-state index in [-0.39, 0.29) is 17.4 Å². The minimum atomic E-state index is -0.127. The lowest BCUT2D eigenvalue weighted by molar-refractivity contribution is -0.131. The zero-order chi connectivity index (χ0) is 17.9. The Morgan fingerprint density at radius 3 is 2.88 bits per heavy atom. The molecule has 0 aliphatic carbocycles. The number of carbonyl (C=O) groups excluding carboxylic acids is 2. The van der Waals surface area contributed by atoms with E-state index < -0.39 is 0 Å². The van der Waals surface area contributed by atoms with Crippen LogP contribution in [0, 0.1) is 0 Å². The maximum atomic E-state index is 12.7. The number of nitrogens with zero attached hydrogens (tertiary/aromatic N) is 3. The van der Waals surface area contributed by atoms with Gasteiger partial charge in [0.15, 0.2) is 0 Å². The minimum absolute atomic E-state index is 0.0456. The number of carbonyl (C=O) groups is 2. The number of nitrogens with one attached hydrogen (secondary N) is 1. The van der Waals surface area contributed by atoms with Crippen molar-refractivity contribution in [3.8, 4) is 0 Å². The Morgan fingerprint density at radius 1 is 1.32 bits per heavy atom. The Labute approximate surface area is 148 Å². The van der Waals surface area contributed by atoms with E-state index in [1.54, 1.807) is 13.3 Å². The van der Waals surface area contributed by atoms with Crippen molar-refractivity contribution < 1.29 is 14.3 Å². The number of rotatable bonds is 4. The van der Waals surface area contributed by atoms with Crippen molar-refractivity contribution in [3.63, 3.8) is 0 Å². The highest BCUT2D eigenvalue weighted by atomic mass is 16.5. The van der Waals surface area contributed by atoms with Gasteiger partial charge in [-0.1, -0.05) is 0 Å². The highest BCUT2D eigenvalue weighted by Crippen LogP contribution is 2.32. The fraction of sp³-hybridized carbons (Fsp3) is 0.667. The van der Waals surface area contributed by atoms with Gasteiger partial charge in [-0.05, 0) is 32.0 Å². The first-order chi connectivity index (χ1) is 12.1. The molecule has 2 amide bonds. The van der Waals surface area contributed by atoms with E-state index in [1.807, 2.05) is 21.9 Å². The van der Waals surface area contributed by atoms with Crippen molar-refractivity contribution >= 4 is 11.8 Å². The van der Waals surface area contributed by atoms with Crippen molar-refractivity contribution in [1.29, 1.82) is 0 Å². The van der Waals surface area contributed by atoms with E-state index in [9.17, 15) is 9.59 Å². The number of ether oxygens (including phenoxy) is 1. The molecule has 0 saturated carbocycles. The van der Waals surface area contributed by atoms with Crippen LogP contribution in [-0.4, -0.2) is 90.5 Å². The molecule has 2 aliphatic heterocycles. The third-order valence-electron chi connectivity index (χ3n) is 5.69. The van der Waals surface area contributed by atoms with Crippen molar-refractivity contribution in [2.75, 3.05) is 53.5 Å². The molecular formula is C18H28N4O3. The Bertz CT molecular complexity index is 603. The molecule has 3 rings (SSSR count). The zero-order valence-electron chi connectivity index (χ0n) is 15.2. The molecule has 0 radical (unpaired) electrons. The van der Waals surface area contributed by atoms with Crippen LogP contribution in [0.5, 0.6) is 0 Å². The van der Waals surface area contributed by atoms with Crippen LogP contribution in [0.1, 0.15) is 29.8 Å². The second-order valence-corrected chi connectivity index (χ2v) is 7.08. The smallest absolute Gasteiger partial charge is 0.270 e. The van der Waals surface area contributed by atoms with Gasteiger partial charge in [-0.3, -0.25) is 14.5 Å². The molecule has 1 unspecified atom stereocenters. The minimum Gasteiger partial charge on any atom is -0.383 e. The number of piperazine rings is 1. The Hall–Kier alpha value is -1.86. The summed E-state index contributed by atoms with van der Waals surface area (Å²) in [4.78, 5) is 34.3. The molecule has 2 fully saturated rings. The molecule has 7 nitrogen and oxygen atoms in total. The molecule has 0 bridgehead atoms. The summed E-state index contributed by atoms with van der Waals surface area (Å²) < 4.78 is 5.12. The standard InChI is InChI=1S/C18H28N4O3/c1-20-10-11-22(17(24)15-4-3-8-19-15)14-18(20)6-5-16(23)21(9-7-18)12-13-25-2/h3-4,8,19H,5-7,9-14H2,1-2H3. The van der Waals surface area contributed by atoms with Crippen LogP contribution >= 0.6 is 0 Å². The molecule has 0 aromatic carbocycles. The number of hydrogen-bond donors (Lipinski definition) is 1. The summed E-state index contributed by atoms with van der Waals surface area (Å²) in [6.07, 6.45) is 3.98. The van der Waals surface area contributed by atoms with Crippen LogP contribution in [0.25, 0.3) is 0 Å². The number of aromatic amines is 1. The van der Waals surface area contributed by atoms with Crippen molar-refractivity contribution in [3.05, 3.63) is 24.0 Å². The molecule has 2 aliphatic rings. The van der Waals surface area contributed by atoms with Gasteiger partial charge >= 0.3 is 0 Å². The summed E-state index contributed by atoms with van der Waals surface area (Å²) in [5.41, 5.74) is 0.504. The third kappa shape index (κ3) is 3.72. The Kier molecular flexibility index (Phi) is 5.44. The molecule has 3 heterocycles. The first-order valence-electron chi connectivity index (χ1n) is 8.96. The number of likely N-dealkylation sites (tertiary alicyclic amines) is 1. The van der Waals surface area contributed by atoms with Gasteiger partial charge in [0, 0.05) is 58.0 Å². The van der Waals surface area contributed by atoms with Crippen LogP contribution in [0.2, 0.25) is 0 Å². The summed E-state index contributed by atoms with van der Waals surface area (Å²) in [7, 11) is 3.77. The molecular weight excluding hydrogens is 320 g/mol. The molecule has 25 heavy (non-hydrogen) atoms. The molecule has 1 N–H and O–H groups in total. The molecule has 1 spiro atoms. The Balaban J connectivity index is 1.72. The van der Waals surface area contributed by atoms with Crippen LogP contribution in [0.4, 0.5) is 0 Å². The fourth-order valence-corrected chi connectivity index (χ4v) is 3.94. The largest absolute Gasteiger partial charge is 0.383 e. The predicted molar refractivity (Wildman–Crippen MR) is 94.4 cm³/mol. The monoisotopic (exact) mass is 348 g/mol. The van der Waals surface area contributed by atoms with Crippen LogP contribution < -0.4 is 0 Å². The molecule has 2 saturated heterocycles. The van der Waals surface area contributed by atoms with E-state index in [1.165, 1.54) is 0 Å². The second-order valence-electron chi connectivity index (χ2n) is 7.08. The highest BCUT2D eigenvalue weighted by Gasteiger charge is 2.43. The van der Waals surface area contributed by atoms with Gasteiger partial charge in [0.05, 0.1) is 6.61 Å². The maximum Gasteiger partial charge on any atom is 0.270 e. The Morgan fingerprint density at radius 2 is 2.16 bits per heavy atom. The fourth-order valence-electron chi connectivity index (χ4n) is 3.94. The number of likely N-dealkylation sites (N-methyl/N-ethyl adjacent to an activating group) is 1. The van der Waals surface area contributed by atoms with E-state index in [0.29, 0.717) is 31.8 Å². The van der Waals surface area contributed by atoms with E-state index in [4.69, 9.17) is 4.74 Å². The maximum absolute atomic E-state index is 12.7. The van der Waals surface area contributed by atoms with Crippen molar-refractivity contribution in [2.45, 2.75) is 24.8 Å². The lowest BCUT2D eigenvalue weighted by Gasteiger charge is -2.49. The number of H-pyrrole nitrogens is 1. The van der Waals surface area contributed by atoms with Gasteiger partial charge in [-0.15, -0.1) is 0 Å². The van der Waals surface area contributed by atoms with Gasteiger partial charge in [-0.2, -0.15) is 0 Å². The molecule has 7 heteroatoms. The zero-order valence-corrected chi connectivity index (χ0v) is 15.2. The van der Waals surface area contributed by atoms with Gasteiger partial charge < -0.3 is 19.5 Å². The normalized spacial score (nSPS) is 25.4. The summed E-state index contributed by atoms with van der Waals surface area (Å²) in [5.74, 6) is 0.236. The van der Waals surface area contributed by atoms with Crippen LogP contribution in [-0.2, 0) is 9.53 Å². The van der Waals surface area contributed by atoms with Gasteiger partial charge in [-0.25, -0.2) is 0 Å². The SMILES string of the molecule is COCCN1CCC2(CCC1=O)CN(C(=O)c1ccc[nH]1)CCN2C. The average molecular weight is 348 g/mol. The van der Waals surface area contributed by atoms with Gasteiger partial charge in [0.2, 0.25) is 5.91 Å². The summed E-state index contributed by atoms with van der Waals surface area (Å²) in [6.45, 7) is 4.15. The number of amides is 2. The highest BCUT2D eigenvalue weighted by molar-refractivity contribution is 5.92. The van der Waals surface area contributed by atoms with Crippen molar-refractivity contribution in [2.24, 2.45) is 0 Å². The summed E-state index contributed by atoms with van der Waals surface area (Å²) in [6, 6.07) is 3.66. The van der Waals surface area contributed by atoms with Crippen LogP contribution in [0.15, 0.2) is 18.3 Å². The molecule has 1 aromatic rings. The van der Waals surface area contributed by atoms with Gasteiger partial charge in [0.25, 0.3) is 5.91 Å². The topological polar surface area (TPSA) is 68.9 Å². The molecule has 1 atom stereocenters.